The molecule has 124 valence electrons. The summed E-state index contributed by atoms with van der Waals surface area (Å²) in [6, 6.07) is 6.35. The average molecular weight is 333 g/mol. The number of aromatic amines is 1. The summed E-state index contributed by atoms with van der Waals surface area (Å²) < 4.78 is 5.44. The molecule has 2 heterocycles. The van der Waals surface area contributed by atoms with Gasteiger partial charge in [0.05, 0.1) is 7.11 Å². The van der Waals surface area contributed by atoms with Crippen molar-refractivity contribution in [2.45, 2.75) is 18.9 Å². The van der Waals surface area contributed by atoms with E-state index in [4.69, 9.17) is 4.74 Å². The average Bonchev–Trinajstić information content (AvgIpc) is 3.23. The second-order valence-electron chi connectivity index (χ2n) is 5.81. The number of carbonyl (C=O) groups excluding carboxylic acids is 1. The van der Waals surface area contributed by atoms with E-state index in [0.29, 0.717) is 12.6 Å². The molecule has 5 nitrogen and oxygen atoms in total. The van der Waals surface area contributed by atoms with Gasteiger partial charge in [-0.3, -0.25) is 0 Å². The minimum Gasteiger partial charge on any atom is -0.496 e. The number of amides is 2. The van der Waals surface area contributed by atoms with Gasteiger partial charge in [-0.05, 0) is 36.3 Å². The van der Waals surface area contributed by atoms with Gasteiger partial charge in [-0.25, -0.2) is 4.79 Å². The van der Waals surface area contributed by atoms with Gasteiger partial charge in [-0.2, -0.15) is 11.8 Å². The molecule has 2 aromatic rings. The number of thioether (sulfide) groups is 1. The lowest BCUT2D eigenvalue weighted by Gasteiger charge is -2.24. The molecule has 6 heteroatoms. The van der Waals surface area contributed by atoms with Crippen LogP contribution in [0.15, 0.2) is 24.4 Å². The third-order valence-electron chi connectivity index (χ3n) is 4.41. The highest BCUT2D eigenvalue weighted by atomic mass is 32.2. The molecule has 0 radical (unpaired) electrons. The van der Waals surface area contributed by atoms with Crippen molar-refractivity contribution in [2.75, 3.05) is 32.2 Å². The summed E-state index contributed by atoms with van der Waals surface area (Å²) in [6.07, 6.45) is 3.87. The number of urea groups is 1. The standard InChI is InChI=1S/C17H23N3O2S/c1-20(13-7-9-23-11-13)17(21)18-8-6-12-10-19-14-4-3-5-15(22-2)16(12)14/h3-5,10,13,19H,6-9,11H2,1-2H3,(H,18,21)/t13-/m0/s1. The van der Waals surface area contributed by atoms with Crippen LogP contribution in [0.4, 0.5) is 4.79 Å². The molecule has 1 aliphatic rings. The smallest absolute Gasteiger partial charge is 0.317 e. The Balaban J connectivity index is 1.59. The van der Waals surface area contributed by atoms with Crippen molar-refractivity contribution in [2.24, 2.45) is 0 Å². The number of fused-ring (bicyclic) bond motifs is 1. The van der Waals surface area contributed by atoms with Crippen LogP contribution < -0.4 is 10.1 Å². The molecule has 3 rings (SSSR count). The normalized spacial score (nSPS) is 17.4. The van der Waals surface area contributed by atoms with E-state index < -0.39 is 0 Å². The van der Waals surface area contributed by atoms with Crippen molar-refractivity contribution in [3.05, 3.63) is 30.0 Å². The van der Waals surface area contributed by atoms with Gasteiger partial charge in [-0.15, -0.1) is 0 Å². The fourth-order valence-electron chi connectivity index (χ4n) is 3.01. The zero-order valence-electron chi connectivity index (χ0n) is 13.6. The molecule has 23 heavy (non-hydrogen) atoms. The SMILES string of the molecule is COc1cccc2[nH]cc(CCNC(=O)N(C)[C@H]3CCSC3)c12. The zero-order valence-corrected chi connectivity index (χ0v) is 14.4. The molecule has 0 spiro atoms. The van der Waals surface area contributed by atoms with Gasteiger partial charge in [-0.1, -0.05) is 6.07 Å². The van der Waals surface area contributed by atoms with E-state index in [1.807, 2.05) is 48.1 Å². The first kappa shape index (κ1) is 16.1. The Morgan fingerprint density at radius 1 is 1.52 bits per heavy atom. The first-order valence-corrected chi connectivity index (χ1v) is 9.07. The minimum atomic E-state index is 0.0179. The van der Waals surface area contributed by atoms with Gasteiger partial charge in [0.2, 0.25) is 0 Å². The molecule has 1 aromatic heterocycles. The van der Waals surface area contributed by atoms with Crippen molar-refractivity contribution >= 4 is 28.7 Å². The number of rotatable bonds is 5. The minimum absolute atomic E-state index is 0.0179. The summed E-state index contributed by atoms with van der Waals surface area (Å²) in [6.45, 7) is 0.619. The zero-order chi connectivity index (χ0) is 16.2. The number of methoxy groups -OCH3 is 1. The maximum atomic E-state index is 12.2. The van der Waals surface area contributed by atoms with Crippen LogP contribution in [0.5, 0.6) is 5.75 Å². The van der Waals surface area contributed by atoms with Crippen molar-refractivity contribution < 1.29 is 9.53 Å². The summed E-state index contributed by atoms with van der Waals surface area (Å²) in [7, 11) is 3.57. The van der Waals surface area contributed by atoms with Gasteiger partial charge in [0, 0.05) is 42.5 Å². The number of carbonyl (C=O) groups is 1. The summed E-state index contributed by atoms with van der Waals surface area (Å²) >= 11 is 1.92. The highest BCUT2D eigenvalue weighted by Gasteiger charge is 2.23. The number of aromatic nitrogens is 1. The highest BCUT2D eigenvalue weighted by Crippen LogP contribution is 2.28. The molecule has 1 fully saturated rings. The van der Waals surface area contributed by atoms with Crippen molar-refractivity contribution in [3.8, 4) is 5.75 Å². The molecular weight excluding hydrogens is 310 g/mol. The maximum Gasteiger partial charge on any atom is 0.317 e. The number of hydrogen-bond acceptors (Lipinski definition) is 3. The van der Waals surface area contributed by atoms with E-state index in [2.05, 4.69) is 10.3 Å². The Hall–Kier alpha value is -1.82. The van der Waals surface area contributed by atoms with Crippen LogP contribution in [-0.4, -0.2) is 54.2 Å². The number of nitrogens with one attached hydrogen (secondary N) is 2. The lowest BCUT2D eigenvalue weighted by atomic mass is 10.1. The molecule has 0 unspecified atom stereocenters. The van der Waals surface area contributed by atoms with Crippen LogP contribution in [0.2, 0.25) is 0 Å². The number of H-pyrrole nitrogens is 1. The summed E-state index contributed by atoms with van der Waals surface area (Å²) in [5, 5.41) is 4.12. The number of ether oxygens (including phenoxy) is 1. The first-order chi connectivity index (χ1) is 11.2. The Morgan fingerprint density at radius 3 is 3.13 bits per heavy atom. The third-order valence-corrected chi connectivity index (χ3v) is 5.56. The van der Waals surface area contributed by atoms with Crippen molar-refractivity contribution in [1.29, 1.82) is 0 Å². The van der Waals surface area contributed by atoms with E-state index in [0.717, 1.165) is 46.6 Å². The quantitative estimate of drug-likeness (QED) is 0.884. The fraction of sp³-hybridized carbons (Fsp3) is 0.471. The molecule has 0 saturated carbocycles. The van der Waals surface area contributed by atoms with Crippen LogP contribution in [0.25, 0.3) is 10.9 Å². The monoisotopic (exact) mass is 333 g/mol. The molecule has 1 aliphatic heterocycles. The second kappa shape index (κ2) is 7.17. The van der Waals surface area contributed by atoms with Crippen molar-refractivity contribution in [1.82, 2.24) is 15.2 Å². The summed E-state index contributed by atoms with van der Waals surface area (Å²) in [4.78, 5) is 17.3. The molecule has 2 N–H and O–H groups in total. The highest BCUT2D eigenvalue weighted by molar-refractivity contribution is 7.99. The van der Waals surface area contributed by atoms with Gasteiger partial charge < -0.3 is 19.9 Å². The lowest BCUT2D eigenvalue weighted by Crippen LogP contribution is -2.44. The van der Waals surface area contributed by atoms with Gasteiger partial charge in [0.15, 0.2) is 0 Å². The summed E-state index contributed by atoms with van der Waals surface area (Å²) in [5.74, 6) is 3.06. The van der Waals surface area contributed by atoms with Crippen molar-refractivity contribution in [3.63, 3.8) is 0 Å². The first-order valence-electron chi connectivity index (χ1n) is 7.92. The van der Waals surface area contributed by atoms with E-state index in [1.165, 1.54) is 0 Å². The fourth-order valence-corrected chi connectivity index (χ4v) is 4.28. The predicted octanol–water partition coefficient (Wildman–Crippen LogP) is 2.87. The van der Waals surface area contributed by atoms with E-state index in [-0.39, 0.29) is 6.03 Å². The Bertz CT molecular complexity index is 680. The maximum absolute atomic E-state index is 12.2. The Labute approximate surface area is 140 Å². The van der Waals surface area contributed by atoms with Crippen LogP contribution in [0.3, 0.4) is 0 Å². The Morgan fingerprint density at radius 2 is 2.39 bits per heavy atom. The molecule has 0 aliphatic carbocycles. The van der Waals surface area contributed by atoms with Gasteiger partial charge >= 0.3 is 6.03 Å². The van der Waals surface area contributed by atoms with E-state index >= 15 is 0 Å². The van der Waals surface area contributed by atoms with Crippen LogP contribution >= 0.6 is 11.8 Å². The Kier molecular flexibility index (Phi) is 5.00. The summed E-state index contributed by atoms with van der Waals surface area (Å²) in [5.41, 5.74) is 2.22. The second-order valence-corrected chi connectivity index (χ2v) is 6.96. The number of benzene rings is 1. The lowest BCUT2D eigenvalue weighted by molar-refractivity contribution is 0.195. The largest absolute Gasteiger partial charge is 0.496 e. The van der Waals surface area contributed by atoms with E-state index in [1.54, 1.807) is 7.11 Å². The molecule has 1 aromatic carbocycles. The predicted molar refractivity (Wildman–Crippen MR) is 95.4 cm³/mol. The van der Waals surface area contributed by atoms with Gasteiger partial charge in [0.1, 0.15) is 5.75 Å². The number of nitrogens with zero attached hydrogens (tertiary/aromatic N) is 1. The molecule has 1 saturated heterocycles. The molecule has 2 amide bonds. The van der Waals surface area contributed by atoms with Crippen LogP contribution in [0, 0.1) is 0 Å². The van der Waals surface area contributed by atoms with Gasteiger partial charge in [0.25, 0.3) is 0 Å². The third kappa shape index (κ3) is 3.42. The van der Waals surface area contributed by atoms with Crippen LogP contribution in [0.1, 0.15) is 12.0 Å². The number of hydrogen-bond donors (Lipinski definition) is 2. The van der Waals surface area contributed by atoms with Crippen LogP contribution in [-0.2, 0) is 6.42 Å². The topological polar surface area (TPSA) is 57.4 Å². The molecular formula is C17H23N3O2S. The molecule has 1 atom stereocenters. The van der Waals surface area contributed by atoms with E-state index in [9.17, 15) is 4.79 Å². The molecule has 0 bridgehead atoms.